The van der Waals surface area contributed by atoms with Gasteiger partial charge >= 0.3 is 8.80 Å². The van der Waals surface area contributed by atoms with Crippen molar-refractivity contribution in [2.24, 2.45) is 0 Å². The van der Waals surface area contributed by atoms with E-state index in [1.165, 1.54) is 0 Å². The summed E-state index contributed by atoms with van der Waals surface area (Å²) in [7, 11) is -2.51. The minimum Gasteiger partial charge on any atom is -0.371 e. The predicted octanol–water partition coefficient (Wildman–Crippen LogP) is 2.21. The Balaban J connectivity index is 0. The third-order valence-corrected chi connectivity index (χ3v) is 3.86. The molecule has 0 aliphatic carbocycles. The second kappa shape index (κ2) is 8.44. The molecule has 0 heterocycles. The second-order valence-electron chi connectivity index (χ2n) is 2.11. The summed E-state index contributed by atoms with van der Waals surface area (Å²) in [6.45, 7) is 11.2. The van der Waals surface area contributed by atoms with E-state index in [1.807, 2.05) is 20.8 Å². The molecule has 0 spiro atoms. The van der Waals surface area contributed by atoms with Crippen LogP contribution in [-0.4, -0.2) is 28.6 Å². The third-order valence-electron chi connectivity index (χ3n) is 1.29. The van der Waals surface area contributed by atoms with Gasteiger partial charge in [0, 0.05) is 19.8 Å². The normalized spacial score (nSPS) is 10.7. The van der Waals surface area contributed by atoms with Gasteiger partial charge in [-0.15, -0.1) is 0 Å². The molecule has 0 N–H and O–H groups in total. The lowest BCUT2D eigenvalue weighted by molar-refractivity contribution is 0.0844. The van der Waals surface area contributed by atoms with Crippen molar-refractivity contribution in [1.82, 2.24) is 0 Å². The largest absolute Gasteiger partial charge is 0.528 e. The number of hydrogen-bond donors (Lipinski definition) is 0. The van der Waals surface area contributed by atoms with Gasteiger partial charge in [0.2, 0.25) is 0 Å². The summed E-state index contributed by atoms with van der Waals surface area (Å²) in [5, 5.41) is 0. The fourth-order valence-corrected chi connectivity index (χ4v) is 2.72. The molecule has 0 aliphatic rings. The Morgan fingerprint density at radius 1 is 1.00 bits per heavy atom. The summed E-state index contributed by atoms with van der Waals surface area (Å²) in [5.41, 5.74) is 1.67. The van der Waals surface area contributed by atoms with E-state index in [0.29, 0.717) is 19.8 Å². The lowest BCUT2D eigenvalue weighted by atomic mass is 10.9. The summed E-state index contributed by atoms with van der Waals surface area (Å²) in [6.07, 6.45) is 0. The van der Waals surface area contributed by atoms with Gasteiger partial charge in [-0.25, -0.2) is 0 Å². The summed E-state index contributed by atoms with van der Waals surface area (Å²) in [4.78, 5) is 0. The standard InChI is InChI=1S/C8H18O3Si.CH3/c1-5-9-12(8-4,10-6-2)11-7-3;/h8H,4-7H2,1-3H3;1H3. The highest BCUT2D eigenvalue weighted by Gasteiger charge is 2.36. The Bertz CT molecular complexity index is 111. The van der Waals surface area contributed by atoms with E-state index < -0.39 is 8.80 Å². The minimum absolute atomic E-state index is 0. The van der Waals surface area contributed by atoms with Gasteiger partial charge in [0.1, 0.15) is 0 Å². The van der Waals surface area contributed by atoms with Gasteiger partial charge in [0.05, 0.1) is 0 Å². The third kappa shape index (κ3) is 5.20. The van der Waals surface area contributed by atoms with Crippen LogP contribution in [0.3, 0.4) is 0 Å². The van der Waals surface area contributed by atoms with Gasteiger partial charge in [0.15, 0.2) is 0 Å². The van der Waals surface area contributed by atoms with E-state index in [2.05, 4.69) is 6.58 Å². The molecule has 0 saturated heterocycles. The van der Waals surface area contributed by atoms with Crippen molar-refractivity contribution < 1.29 is 13.3 Å². The smallest absolute Gasteiger partial charge is 0.371 e. The van der Waals surface area contributed by atoms with Crippen molar-refractivity contribution in [3.8, 4) is 0 Å². The molecule has 3 nitrogen and oxygen atoms in total. The molecular weight excluding hydrogens is 184 g/mol. The molecule has 13 heavy (non-hydrogen) atoms. The van der Waals surface area contributed by atoms with Gasteiger partial charge in [-0.3, -0.25) is 0 Å². The lowest BCUT2D eigenvalue weighted by Crippen LogP contribution is -2.44. The number of rotatable bonds is 7. The first kappa shape index (κ1) is 15.3. The molecule has 0 aromatic heterocycles. The van der Waals surface area contributed by atoms with Crippen LogP contribution in [0.4, 0.5) is 0 Å². The molecule has 0 fully saturated rings. The molecular formula is C9H21O3Si. The highest BCUT2D eigenvalue weighted by molar-refractivity contribution is 6.66. The van der Waals surface area contributed by atoms with Crippen LogP contribution >= 0.6 is 0 Å². The molecule has 4 heteroatoms. The van der Waals surface area contributed by atoms with Crippen LogP contribution < -0.4 is 0 Å². The maximum atomic E-state index is 5.44. The Hall–Kier alpha value is -0.163. The molecule has 1 radical (unpaired) electrons. The molecule has 79 valence electrons. The SMILES string of the molecule is C=C[Si](OCC)(OCC)OCC.[CH3]. The first-order valence-electron chi connectivity index (χ1n) is 4.30. The topological polar surface area (TPSA) is 27.7 Å². The van der Waals surface area contributed by atoms with Crippen molar-refractivity contribution in [3.05, 3.63) is 19.7 Å². The van der Waals surface area contributed by atoms with Gasteiger partial charge < -0.3 is 13.3 Å². The number of hydrogen-bond acceptors (Lipinski definition) is 3. The molecule has 0 aliphatic heterocycles. The maximum Gasteiger partial charge on any atom is 0.528 e. The fraction of sp³-hybridized carbons (Fsp3) is 0.667. The van der Waals surface area contributed by atoms with Gasteiger partial charge in [-0.1, -0.05) is 14.0 Å². The van der Waals surface area contributed by atoms with Crippen LogP contribution in [0.5, 0.6) is 0 Å². The van der Waals surface area contributed by atoms with E-state index in [-0.39, 0.29) is 7.43 Å². The Labute approximate surface area is 83.1 Å². The van der Waals surface area contributed by atoms with Crippen LogP contribution in [0.25, 0.3) is 0 Å². The zero-order valence-electron chi connectivity index (χ0n) is 9.13. The van der Waals surface area contributed by atoms with Crippen LogP contribution in [0, 0.1) is 7.43 Å². The average molecular weight is 205 g/mol. The molecule has 0 amide bonds. The highest BCUT2D eigenvalue weighted by Crippen LogP contribution is 2.10. The van der Waals surface area contributed by atoms with Crippen LogP contribution in [0.15, 0.2) is 12.3 Å². The van der Waals surface area contributed by atoms with Crippen molar-refractivity contribution in [3.63, 3.8) is 0 Å². The van der Waals surface area contributed by atoms with E-state index in [9.17, 15) is 0 Å². The molecule has 0 rings (SSSR count). The first-order chi connectivity index (χ1) is 5.74. The summed E-state index contributed by atoms with van der Waals surface area (Å²) < 4.78 is 16.3. The summed E-state index contributed by atoms with van der Waals surface area (Å²) in [6, 6.07) is 0. The van der Waals surface area contributed by atoms with Gasteiger partial charge in [-0.05, 0) is 26.5 Å². The fourth-order valence-electron chi connectivity index (χ4n) is 0.905. The quantitative estimate of drug-likeness (QED) is 0.596. The lowest BCUT2D eigenvalue weighted by Gasteiger charge is -2.24. The highest BCUT2D eigenvalue weighted by atomic mass is 28.4. The molecule has 0 bridgehead atoms. The molecule has 0 unspecified atom stereocenters. The average Bonchev–Trinajstić information content (AvgIpc) is 2.06. The monoisotopic (exact) mass is 205 g/mol. The maximum absolute atomic E-state index is 5.44. The Kier molecular flexibility index (Phi) is 9.94. The zero-order valence-corrected chi connectivity index (χ0v) is 10.1. The van der Waals surface area contributed by atoms with Crippen LogP contribution in [-0.2, 0) is 13.3 Å². The van der Waals surface area contributed by atoms with Crippen molar-refractivity contribution in [1.29, 1.82) is 0 Å². The van der Waals surface area contributed by atoms with E-state index >= 15 is 0 Å². The Morgan fingerprint density at radius 2 is 1.31 bits per heavy atom. The van der Waals surface area contributed by atoms with Crippen molar-refractivity contribution >= 4 is 8.80 Å². The molecule has 0 aromatic rings. The van der Waals surface area contributed by atoms with Crippen LogP contribution in [0.2, 0.25) is 0 Å². The summed E-state index contributed by atoms with van der Waals surface area (Å²) in [5.74, 6) is 0. The predicted molar refractivity (Wildman–Crippen MR) is 57.2 cm³/mol. The van der Waals surface area contributed by atoms with E-state index in [0.717, 1.165) is 0 Å². The van der Waals surface area contributed by atoms with Crippen LogP contribution in [0.1, 0.15) is 20.8 Å². The zero-order chi connectivity index (χ0) is 9.45. The molecule has 0 saturated carbocycles. The van der Waals surface area contributed by atoms with Crippen molar-refractivity contribution in [2.45, 2.75) is 20.8 Å². The summed E-state index contributed by atoms with van der Waals surface area (Å²) >= 11 is 0. The molecule has 0 aromatic carbocycles. The van der Waals surface area contributed by atoms with E-state index in [4.69, 9.17) is 13.3 Å². The Morgan fingerprint density at radius 3 is 1.46 bits per heavy atom. The van der Waals surface area contributed by atoms with E-state index in [1.54, 1.807) is 5.70 Å². The van der Waals surface area contributed by atoms with Crippen molar-refractivity contribution in [2.75, 3.05) is 19.8 Å². The minimum atomic E-state index is -2.51. The first-order valence-corrected chi connectivity index (χ1v) is 6.10. The van der Waals surface area contributed by atoms with Gasteiger partial charge in [-0.2, -0.15) is 0 Å². The second-order valence-corrected chi connectivity index (χ2v) is 4.59. The molecule has 0 atom stereocenters. The van der Waals surface area contributed by atoms with Gasteiger partial charge in [0.25, 0.3) is 0 Å².